The third-order valence-electron chi connectivity index (χ3n) is 2.80. The van der Waals surface area contributed by atoms with E-state index in [1.165, 1.54) is 13.0 Å². The van der Waals surface area contributed by atoms with E-state index in [-0.39, 0.29) is 0 Å². The Kier molecular flexibility index (Phi) is 5.55. The molecule has 0 aliphatic carbocycles. The number of hydrogen-bond donors (Lipinski definition) is 3. The van der Waals surface area contributed by atoms with Crippen molar-refractivity contribution in [3.8, 4) is 0 Å². The summed E-state index contributed by atoms with van der Waals surface area (Å²) < 4.78 is 0. The zero-order chi connectivity index (χ0) is 12.0. The molecule has 94 valence electrons. The van der Waals surface area contributed by atoms with E-state index in [2.05, 4.69) is 41.5 Å². The average Bonchev–Trinajstić information content (AvgIpc) is 2.64. The first-order chi connectivity index (χ1) is 7.61. The second kappa shape index (κ2) is 6.70. The lowest BCUT2D eigenvalue weighted by molar-refractivity contribution is 0.394. The molecule has 1 saturated heterocycles. The van der Waals surface area contributed by atoms with Crippen LogP contribution in [0, 0.1) is 11.8 Å². The van der Waals surface area contributed by atoms with Crippen molar-refractivity contribution >= 4 is 5.96 Å². The van der Waals surface area contributed by atoms with Gasteiger partial charge in [0.25, 0.3) is 0 Å². The number of nitrogens with one attached hydrogen (secondary N) is 2. The molecule has 0 bridgehead atoms. The normalized spacial score (nSPS) is 22.8. The molecule has 1 atom stereocenters. The summed E-state index contributed by atoms with van der Waals surface area (Å²) in [5.74, 6) is 7.40. The number of guanidine groups is 1. The third-order valence-corrected chi connectivity index (χ3v) is 2.80. The predicted molar refractivity (Wildman–Crippen MR) is 68.1 cm³/mol. The maximum Gasteiger partial charge on any atom is 0.205 e. The molecule has 1 aliphatic rings. The monoisotopic (exact) mass is 227 g/mol. The second-order valence-corrected chi connectivity index (χ2v) is 5.03. The first-order valence-electron chi connectivity index (χ1n) is 6.05. The topological polar surface area (TPSA) is 65.7 Å². The van der Waals surface area contributed by atoms with Crippen LogP contribution in [0.2, 0.25) is 0 Å². The van der Waals surface area contributed by atoms with Crippen LogP contribution in [0.3, 0.4) is 0 Å². The minimum Gasteiger partial charge on any atom is -0.355 e. The van der Waals surface area contributed by atoms with Gasteiger partial charge in [0, 0.05) is 19.6 Å². The van der Waals surface area contributed by atoms with Crippen LogP contribution in [-0.4, -0.2) is 44.1 Å². The molecule has 1 fully saturated rings. The first-order valence-corrected chi connectivity index (χ1v) is 6.05. The molecule has 1 aliphatic heterocycles. The van der Waals surface area contributed by atoms with Crippen molar-refractivity contribution in [1.82, 2.24) is 15.6 Å². The molecular formula is C11H25N5. The number of rotatable bonds is 4. The van der Waals surface area contributed by atoms with Gasteiger partial charge in [-0.25, -0.2) is 5.84 Å². The van der Waals surface area contributed by atoms with Crippen molar-refractivity contribution in [2.24, 2.45) is 22.7 Å². The molecule has 0 radical (unpaired) electrons. The Hall–Kier alpha value is -0.810. The van der Waals surface area contributed by atoms with E-state index in [1.54, 1.807) is 0 Å². The number of aliphatic imine (C=N–C) groups is 1. The Balaban J connectivity index is 2.25. The average molecular weight is 227 g/mol. The molecule has 16 heavy (non-hydrogen) atoms. The largest absolute Gasteiger partial charge is 0.355 e. The highest BCUT2D eigenvalue weighted by Gasteiger charge is 2.19. The summed E-state index contributed by atoms with van der Waals surface area (Å²) >= 11 is 0. The molecule has 0 saturated carbocycles. The molecule has 0 spiro atoms. The van der Waals surface area contributed by atoms with Gasteiger partial charge in [-0.3, -0.25) is 10.4 Å². The lowest BCUT2D eigenvalue weighted by Crippen LogP contribution is -2.44. The summed E-state index contributed by atoms with van der Waals surface area (Å²) in [6.45, 7) is 8.39. The summed E-state index contributed by atoms with van der Waals surface area (Å²) in [5.41, 5.74) is 2.62. The third kappa shape index (κ3) is 4.81. The molecule has 4 N–H and O–H groups in total. The Bertz CT molecular complexity index is 226. The lowest BCUT2D eigenvalue weighted by atomic mass is 10.1. The highest BCUT2D eigenvalue weighted by Crippen LogP contribution is 2.12. The molecule has 5 heteroatoms. The predicted octanol–water partition coefficient (Wildman–Crippen LogP) is 0.00300. The summed E-state index contributed by atoms with van der Waals surface area (Å²) in [6, 6.07) is 0. The summed E-state index contributed by atoms with van der Waals surface area (Å²) in [7, 11) is 2.16. The van der Waals surface area contributed by atoms with Gasteiger partial charge in [-0.2, -0.15) is 0 Å². The minimum absolute atomic E-state index is 0.558. The standard InChI is InChI=1S/C11H25N5/c1-9(2)6-13-11(15-12)14-7-10-4-5-16(3)8-10/h9-10H,4-8,12H2,1-3H3,(H2,13,14,15). The zero-order valence-electron chi connectivity index (χ0n) is 10.7. The van der Waals surface area contributed by atoms with Crippen molar-refractivity contribution in [3.05, 3.63) is 0 Å². The van der Waals surface area contributed by atoms with Gasteiger partial charge < -0.3 is 10.2 Å². The van der Waals surface area contributed by atoms with Crippen LogP contribution in [0.4, 0.5) is 0 Å². The maximum absolute atomic E-state index is 5.42. The molecule has 1 unspecified atom stereocenters. The van der Waals surface area contributed by atoms with Crippen molar-refractivity contribution < 1.29 is 0 Å². The Morgan fingerprint density at radius 3 is 2.81 bits per heavy atom. The van der Waals surface area contributed by atoms with Crippen LogP contribution in [0.15, 0.2) is 4.99 Å². The minimum atomic E-state index is 0.558. The van der Waals surface area contributed by atoms with Crippen molar-refractivity contribution in [2.45, 2.75) is 20.3 Å². The van der Waals surface area contributed by atoms with E-state index in [9.17, 15) is 0 Å². The van der Waals surface area contributed by atoms with Gasteiger partial charge in [-0.1, -0.05) is 13.8 Å². The van der Waals surface area contributed by atoms with Crippen molar-refractivity contribution in [1.29, 1.82) is 0 Å². The molecule has 5 nitrogen and oxygen atoms in total. The second-order valence-electron chi connectivity index (χ2n) is 5.03. The number of hydrogen-bond acceptors (Lipinski definition) is 3. The summed E-state index contributed by atoms with van der Waals surface area (Å²) in [4.78, 5) is 6.73. The van der Waals surface area contributed by atoms with Gasteiger partial charge in [0.15, 0.2) is 0 Å². The number of nitrogens with zero attached hydrogens (tertiary/aromatic N) is 2. The Morgan fingerprint density at radius 2 is 2.31 bits per heavy atom. The fraction of sp³-hybridized carbons (Fsp3) is 0.909. The maximum atomic E-state index is 5.42. The molecule has 1 heterocycles. The molecule has 0 aromatic heterocycles. The summed E-state index contributed by atoms with van der Waals surface area (Å²) in [5, 5.41) is 3.27. The first kappa shape index (κ1) is 13.3. The van der Waals surface area contributed by atoms with Gasteiger partial charge in [0.05, 0.1) is 0 Å². The quantitative estimate of drug-likeness (QED) is 0.274. The fourth-order valence-corrected chi connectivity index (χ4v) is 1.86. The van der Waals surface area contributed by atoms with Crippen molar-refractivity contribution in [2.75, 3.05) is 33.2 Å². The van der Waals surface area contributed by atoms with Crippen LogP contribution in [-0.2, 0) is 0 Å². The highest BCUT2D eigenvalue weighted by atomic mass is 15.3. The number of likely N-dealkylation sites (tertiary alicyclic amines) is 1. The van der Waals surface area contributed by atoms with Crippen molar-refractivity contribution in [3.63, 3.8) is 0 Å². The van der Waals surface area contributed by atoms with E-state index in [1.807, 2.05) is 0 Å². The molecule has 0 aromatic carbocycles. The van der Waals surface area contributed by atoms with E-state index in [0.717, 1.165) is 19.6 Å². The van der Waals surface area contributed by atoms with Gasteiger partial charge >= 0.3 is 0 Å². The summed E-state index contributed by atoms with van der Waals surface area (Å²) in [6.07, 6.45) is 1.26. The molecule has 0 amide bonds. The SMILES string of the molecule is CC(C)CN=C(NN)NCC1CCN(C)C1. The lowest BCUT2D eigenvalue weighted by Gasteiger charge is -2.14. The van der Waals surface area contributed by atoms with E-state index in [4.69, 9.17) is 5.84 Å². The van der Waals surface area contributed by atoms with Crippen LogP contribution in [0.5, 0.6) is 0 Å². The number of nitrogens with two attached hydrogens (primary N) is 1. The van der Waals surface area contributed by atoms with Gasteiger partial charge in [-0.05, 0) is 31.8 Å². The van der Waals surface area contributed by atoms with E-state index < -0.39 is 0 Å². The molecular weight excluding hydrogens is 202 g/mol. The number of hydrazine groups is 1. The van der Waals surface area contributed by atoms with Gasteiger partial charge in [0.2, 0.25) is 5.96 Å². The van der Waals surface area contributed by atoms with Gasteiger partial charge in [-0.15, -0.1) is 0 Å². The highest BCUT2D eigenvalue weighted by molar-refractivity contribution is 5.79. The molecule has 1 rings (SSSR count). The Morgan fingerprint density at radius 1 is 1.56 bits per heavy atom. The van der Waals surface area contributed by atoms with Crippen LogP contribution in [0.1, 0.15) is 20.3 Å². The van der Waals surface area contributed by atoms with E-state index >= 15 is 0 Å². The zero-order valence-corrected chi connectivity index (χ0v) is 10.7. The van der Waals surface area contributed by atoms with E-state index in [0.29, 0.717) is 17.8 Å². The van der Waals surface area contributed by atoms with Crippen LogP contribution >= 0.6 is 0 Å². The smallest absolute Gasteiger partial charge is 0.205 e. The van der Waals surface area contributed by atoms with Crippen LogP contribution < -0.4 is 16.6 Å². The Labute approximate surface area is 98.4 Å². The molecule has 0 aromatic rings. The van der Waals surface area contributed by atoms with Crippen LogP contribution in [0.25, 0.3) is 0 Å². The fourth-order valence-electron chi connectivity index (χ4n) is 1.86. The van der Waals surface area contributed by atoms with Gasteiger partial charge in [0.1, 0.15) is 0 Å².